The van der Waals surface area contributed by atoms with Gasteiger partial charge in [0.2, 0.25) is 0 Å². The Labute approximate surface area is 406 Å². The normalized spacial score (nSPS) is 14.9. The molecule has 0 atom stereocenters. The van der Waals surface area contributed by atoms with E-state index in [0.717, 1.165) is 33.4 Å². The van der Waals surface area contributed by atoms with Gasteiger partial charge in [0, 0.05) is 31.3 Å². The maximum Gasteiger partial charge on any atom is 0.152 e. The van der Waals surface area contributed by atoms with Gasteiger partial charge >= 0.3 is 0 Å². The van der Waals surface area contributed by atoms with Crippen LogP contribution in [0.2, 0.25) is 0 Å². The van der Waals surface area contributed by atoms with Gasteiger partial charge in [0.25, 0.3) is 0 Å². The van der Waals surface area contributed by atoms with Crippen molar-refractivity contribution in [3.05, 3.63) is 317 Å². The summed E-state index contributed by atoms with van der Waals surface area (Å²) in [6.07, 6.45) is 10.8. The van der Waals surface area contributed by atoms with Gasteiger partial charge in [-0.05, 0) is 102 Å². The van der Waals surface area contributed by atoms with E-state index in [-0.39, 0.29) is 5.84 Å². The molecule has 0 fully saturated rings. The molecule has 324 valence electrons. The summed E-state index contributed by atoms with van der Waals surface area (Å²) in [5.74, 6) is 0.200. The minimum Gasteiger partial charge on any atom is -0.282 e. The number of nitrogens with zero attached hydrogens (tertiary/aromatic N) is 1. The van der Waals surface area contributed by atoms with E-state index < -0.39 is 10.8 Å². The second-order valence-electron chi connectivity index (χ2n) is 18.1. The summed E-state index contributed by atoms with van der Waals surface area (Å²) in [5.41, 5.74) is 18.2. The molecule has 0 bridgehead atoms. The molecule has 0 radical (unpaired) electrons. The van der Waals surface area contributed by atoms with Crippen LogP contribution in [0, 0.1) is 5.41 Å². The van der Waals surface area contributed by atoms with Crippen LogP contribution < -0.4 is 0 Å². The predicted molar refractivity (Wildman–Crippen MR) is 290 cm³/mol. The molecule has 0 aliphatic heterocycles. The molecule has 0 saturated heterocycles. The Hall–Kier alpha value is -8.50. The first-order valence-corrected chi connectivity index (χ1v) is 24.4. The molecular formula is C66H44N2S. The van der Waals surface area contributed by atoms with Gasteiger partial charge in [0.1, 0.15) is 0 Å². The SMILES string of the molecule is C=C/C=C\C1=C(/C=C/C(=NC(=N)c2ccccc2)c2cccc(-c3ccccc3)c2)C2(c3ccccc3C3(c4ccccc4-c4ccccc43)c3ccccc32)c2ccc3sc4ccccc4c3c21. The van der Waals surface area contributed by atoms with Gasteiger partial charge in [0.15, 0.2) is 5.84 Å². The molecule has 2 spiro atoms. The van der Waals surface area contributed by atoms with Crippen molar-refractivity contribution in [1.29, 1.82) is 5.41 Å². The highest BCUT2D eigenvalue weighted by atomic mass is 32.1. The quantitative estimate of drug-likeness (QED) is 0.0940. The molecule has 13 rings (SSSR count). The molecule has 3 aliphatic carbocycles. The maximum atomic E-state index is 9.44. The lowest BCUT2D eigenvalue weighted by Gasteiger charge is -2.49. The molecule has 1 N–H and O–H groups in total. The van der Waals surface area contributed by atoms with Crippen LogP contribution in [-0.4, -0.2) is 11.5 Å². The van der Waals surface area contributed by atoms with E-state index in [9.17, 15) is 5.41 Å². The lowest BCUT2D eigenvalue weighted by Crippen LogP contribution is -2.44. The Morgan fingerprint density at radius 3 is 1.70 bits per heavy atom. The molecule has 1 heterocycles. The van der Waals surface area contributed by atoms with E-state index >= 15 is 0 Å². The van der Waals surface area contributed by atoms with Crippen LogP contribution in [0.15, 0.2) is 266 Å². The minimum absolute atomic E-state index is 0.200. The molecule has 0 amide bonds. The van der Waals surface area contributed by atoms with Crippen LogP contribution in [0.5, 0.6) is 0 Å². The summed E-state index contributed by atoms with van der Waals surface area (Å²) in [6.45, 7) is 4.21. The Balaban J connectivity index is 1.16. The lowest BCUT2D eigenvalue weighted by atomic mass is 9.52. The highest BCUT2D eigenvalue weighted by Crippen LogP contribution is 2.68. The van der Waals surface area contributed by atoms with E-state index in [1.807, 2.05) is 53.8 Å². The van der Waals surface area contributed by atoms with Crippen molar-refractivity contribution in [2.45, 2.75) is 10.8 Å². The number of fused-ring (bicyclic) bond motifs is 17. The fourth-order valence-corrected chi connectivity index (χ4v) is 13.1. The Morgan fingerprint density at radius 2 is 1.03 bits per heavy atom. The minimum atomic E-state index is -0.779. The van der Waals surface area contributed by atoms with Crippen molar-refractivity contribution in [3.63, 3.8) is 0 Å². The third-order valence-electron chi connectivity index (χ3n) is 14.7. The van der Waals surface area contributed by atoms with E-state index in [0.29, 0.717) is 5.71 Å². The molecule has 9 aromatic carbocycles. The zero-order valence-electron chi connectivity index (χ0n) is 37.7. The maximum absolute atomic E-state index is 9.44. The van der Waals surface area contributed by atoms with Crippen LogP contribution in [0.1, 0.15) is 55.6 Å². The molecular weight excluding hydrogens is 853 g/mol. The predicted octanol–water partition coefficient (Wildman–Crippen LogP) is 16.3. The van der Waals surface area contributed by atoms with E-state index in [1.165, 1.54) is 75.8 Å². The molecule has 0 saturated carbocycles. The third-order valence-corrected chi connectivity index (χ3v) is 15.8. The van der Waals surface area contributed by atoms with Gasteiger partial charge in [0.05, 0.1) is 16.5 Å². The second kappa shape index (κ2) is 16.1. The van der Waals surface area contributed by atoms with Gasteiger partial charge in [-0.15, -0.1) is 11.3 Å². The molecule has 3 aliphatic rings. The van der Waals surface area contributed by atoms with Crippen molar-refractivity contribution in [2.75, 3.05) is 0 Å². The lowest BCUT2D eigenvalue weighted by molar-refractivity contribution is 0.630. The smallest absolute Gasteiger partial charge is 0.152 e. The Morgan fingerprint density at radius 1 is 0.478 bits per heavy atom. The summed E-state index contributed by atoms with van der Waals surface area (Å²) in [6, 6.07) is 79.1. The number of benzene rings is 9. The van der Waals surface area contributed by atoms with Crippen LogP contribution in [0.3, 0.4) is 0 Å². The van der Waals surface area contributed by atoms with Gasteiger partial charge < -0.3 is 0 Å². The van der Waals surface area contributed by atoms with Gasteiger partial charge in [-0.25, -0.2) is 4.99 Å². The highest BCUT2D eigenvalue weighted by molar-refractivity contribution is 7.25. The van der Waals surface area contributed by atoms with Gasteiger partial charge in [-0.1, -0.05) is 231 Å². The average Bonchev–Trinajstić information content (AvgIpc) is 4.04. The topological polar surface area (TPSA) is 36.2 Å². The molecule has 2 nitrogen and oxygen atoms in total. The Kier molecular flexibility index (Phi) is 9.50. The largest absolute Gasteiger partial charge is 0.282 e. The highest BCUT2D eigenvalue weighted by Gasteiger charge is 2.59. The van der Waals surface area contributed by atoms with E-state index in [4.69, 9.17) is 4.99 Å². The number of hydrogen-bond acceptors (Lipinski definition) is 2. The number of thiophene rings is 1. The van der Waals surface area contributed by atoms with E-state index in [1.54, 1.807) is 0 Å². The number of nitrogens with one attached hydrogen (secondary N) is 1. The van der Waals surface area contributed by atoms with Gasteiger partial charge in [-0.2, -0.15) is 0 Å². The first kappa shape index (κ1) is 40.7. The van der Waals surface area contributed by atoms with Crippen molar-refractivity contribution in [1.82, 2.24) is 0 Å². The standard InChI is InChI=1S/C66H44N2S/c1-2-3-27-49-53(38-40-59(68-64(67)44-23-8-5-9-24-44)46-26-20-25-45(42-46)43-21-6-4-7-22-43)66(58-39-41-61-63(62(49)58)50-30-12-19-37-60(50)69-61)56-35-17-15-33-54(56)65(55-34-16-18-36-57(55)66)51-31-13-10-28-47(51)48-29-11-14-32-52(48)65/h2-42,67H,1H2/b27-3-,40-38+,67-64?,68-59?. The average molecular weight is 897 g/mol. The van der Waals surface area contributed by atoms with Crippen LogP contribution >= 0.6 is 11.3 Å². The summed E-state index contributed by atoms with van der Waals surface area (Å²) in [4.78, 5) is 5.22. The number of aliphatic imine (C=N–C) groups is 1. The van der Waals surface area contributed by atoms with Crippen LogP contribution in [0.25, 0.3) is 48.0 Å². The zero-order chi connectivity index (χ0) is 46.1. The van der Waals surface area contributed by atoms with Crippen molar-refractivity contribution in [2.24, 2.45) is 4.99 Å². The summed E-state index contributed by atoms with van der Waals surface area (Å²) in [7, 11) is 0. The fourth-order valence-electron chi connectivity index (χ4n) is 12.0. The Bertz CT molecular complexity index is 3780. The number of allylic oxidation sites excluding steroid dienone is 7. The molecule has 0 unspecified atom stereocenters. The van der Waals surface area contributed by atoms with Crippen LogP contribution in [0.4, 0.5) is 0 Å². The van der Waals surface area contributed by atoms with Crippen LogP contribution in [-0.2, 0) is 10.8 Å². The number of rotatable bonds is 7. The third kappa shape index (κ3) is 5.91. The summed E-state index contributed by atoms with van der Waals surface area (Å²) >= 11 is 1.85. The molecule has 10 aromatic rings. The number of hydrogen-bond donors (Lipinski definition) is 1. The van der Waals surface area contributed by atoms with Crippen molar-refractivity contribution >= 4 is 48.6 Å². The number of amidine groups is 1. The summed E-state index contributed by atoms with van der Waals surface area (Å²) < 4.78 is 2.52. The summed E-state index contributed by atoms with van der Waals surface area (Å²) in [5, 5.41) is 12.0. The van der Waals surface area contributed by atoms with E-state index in [2.05, 4.69) is 213 Å². The zero-order valence-corrected chi connectivity index (χ0v) is 38.6. The van der Waals surface area contributed by atoms with Gasteiger partial charge in [-0.3, -0.25) is 5.41 Å². The van der Waals surface area contributed by atoms with Crippen molar-refractivity contribution < 1.29 is 0 Å². The van der Waals surface area contributed by atoms with Crippen molar-refractivity contribution in [3.8, 4) is 22.3 Å². The molecule has 3 heteroatoms. The molecule has 1 aromatic heterocycles. The first-order valence-electron chi connectivity index (χ1n) is 23.6. The first-order chi connectivity index (χ1) is 34.1. The molecule has 69 heavy (non-hydrogen) atoms. The monoisotopic (exact) mass is 896 g/mol. The second-order valence-corrected chi connectivity index (χ2v) is 19.1. The fraction of sp³-hybridized carbons (Fsp3) is 0.0303.